The lowest BCUT2D eigenvalue weighted by molar-refractivity contribution is 0.0596. The maximum atomic E-state index is 13.0. The van der Waals surface area contributed by atoms with Crippen LogP contribution in [-0.2, 0) is 14.8 Å². The molecule has 0 bridgehead atoms. The first-order chi connectivity index (χ1) is 14.2. The summed E-state index contributed by atoms with van der Waals surface area (Å²) in [6.07, 6.45) is 1.07. The Bertz CT molecular complexity index is 1190. The van der Waals surface area contributed by atoms with Gasteiger partial charge >= 0.3 is 12.0 Å². The minimum Gasteiger partial charge on any atom is -0.465 e. The van der Waals surface area contributed by atoms with Gasteiger partial charge in [0, 0.05) is 5.69 Å². The number of carbonyl (C=O) groups is 2. The number of rotatable bonds is 5. The fraction of sp³-hybridized carbons (Fsp3) is 0.158. The first kappa shape index (κ1) is 21.0. The summed E-state index contributed by atoms with van der Waals surface area (Å²) in [5, 5.41) is 5.84. The van der Waals surface area contributed by atoms with Gasteiger partial charge in [0.1, 0.15) is 11.4 Å². The molecule has 11 heteroatoms. The van der Waals surface area contributed by atoms with Gasteiger partial charge in [0.05, 0.1) is 19.0 Å². The number of hydrogen-bond donors (Lipinski definition) is 2. The quantitative estimate of drug-likeness (QED) is 0.594. The molecule has 0 saturated carbocycles. The zero-order valence-electron chi connectivity index (χ0n) is 16.4. The standard InChI is InChI=1S/C19H19N5O5S/c1-12-9-13(2)21-16(10-12)22-19(26)23-30(27,28)17-15(18(25)29-3)11-20-24(17)14-7-5-4-6-8-14/h4-11H,1-3H3,(H2,21,22,23,26). The van der Waals surface area contributed by atoms with Crippen molar-refractivity contribution in [3.63, 3.8) is 0 Å². The van der Waals surface area contributed by atoms with Crippen LogP contribution in [-0.4, -0.2) is 42.3 Å². The van der Waals surface area contributed by atoms with Gasteiger partial charge in [0.25, 0.3) is 10.0 Å². The molecule has 156 valence electrons. The fourth-order valence-electron chi connectivity index (χ4n) is 2.82. The van der Waals surface area contributed by atoms with Crippen molar-refractivity contribution < 1.29 is 22.7 Å². The molecule has 0 aliphatic heterocycles. The number of methoxy groups -OCH3 is 1. The van der Waals surface area contributed by atoms with Crippen LogP contribution < -0.4 is 10.0 Å². The molecule has 0 radical (unpaired) electrons. The van der Waals surface area contributed by atoms with Crippen molar-refractivity contribution in [2.45, 2.75) is 18.9 Å². The van der Waals surface area contributed by atoms with Gasteiger partial charge in [-0.3, -0.25) is 5.32 Å². The van der Waals surface area contributed by atoms with Crippen LogP contribution in [0.25, 0.3) is 5.69 Å². The molecule has 0 unspecified atom stereocenters. The highest BCUT2D eigenvalue weighted by atomic mass is 32.2. The number of para-hydroxylation sites is 1. The Morgan fingerprint density at radius 1 is 1.10 bits per heavy atom. The number of esters is 1. The Morgan fingerprint density at radius 2 is 1.80 bits per heavy atom. The van der Waals surface area contributed by atoms with Crippen LogP contribution in [0.5, 0.6) is 0 Å². The topological polar surface area (TPSA) is 132 Å². The van der Waals surface area contributed by atoms with E-state index in [4.69, 9.17) is 0 Å². The molecule has 0 aliphatic rings. The van der Waals surface area contributed by atoms with Crippen LogP contribution in [0.2, 0.25) is 0 Å². The molecule has 0 spiro atoms. The second-order valence-electron chi connectivity index (χ2n) is 6.33. The van der Waals surface area contributed by atoms with E-state index in [2.05, 4.69) is 20.1 Å². The number of urea groups is 1. The summed E-state index contributed by atoms with van der Waals surface area (Å²) in [4.78, 5) is 28.6. The Morgan fingerprint density at radius 3 is 2.43 bits per heavy atom. The zero-order valence-corrected chi connectivity index (χ0v) is 17.2. The largest absolute Gasteiger partial charge is 0.465 e. The molecule has 2 amide bonds. The average Bonchev–Trinajstić information content (AvgIpc) is 3.13. The third-order valence-corrected chi connectivity index (χ3v) is 5.31. The van der Waals surface area contributed by atoms with Crippen molar-refractivity contribution in [1.82, 2.24) is 19.5 Å². The predicted molar refractivity (Wildman–Crippen MR) is 108 cm³/mol. The number of sulfonamides is 1. The Kier molecular flexibility index (Phi) is 5.83. The first-order valence-electron chi connectivity index (χ1n) is 8.72. The van der Waals surface area contributed by atoms with E-state index in [0.717, 1.165) is 23.6 Å². The van der Waals surface area contributed by atoms with E-state index < -0.39 is 27.0 Å². The lowest BCUT2D eigenvalue weighted by Gasteiger charge is -2.12. The Balaban J connectivity index is 1.97. The van der Waals surface area contributed by atoms with Gasteiger partial charge < -0.3 is 4.74 Å². The van der Waals surface area contributed by atoms with Crippen LogP contribution in [0.1, 0.15) is 21.6 Å². The summed E-state index contributed by atoms with van der Waals surface area (Å²) in [7, 11) is -3.40. The molecule has 0 fully saturated rings. The highest BCUT2D eigenvalue weighted by molar-refractivity contribution is 7.90. The van der Waals surface area contributed by atoms with Gasteiger partial charge in [-0.15, -0.1) is 0 Å². The highest BCUT2D eigenvalue weighted by Crippen LogP contribution is 2.21. The lowest BCUT2D eigenvalue weighted by atomic mass is 10.2. The highest BCUT2D eigenvalue weighted by Gasteiger charge is 2.31. The SMILES string of the molecule is COC(=O)c1cnn(-c2ccccc2)c1S(=O)(=O)NC(=O)Nc1cc(C)cc(C)n1. The summed E-state index contributed by atoms with van der Waals surface area (Å²) in [5.74, 6) is -0.723. The summed E-state index contributed by atoms with van der Waals surface area (Å²) >= 11 is 0. The molecule has 10 nitrogen and oxygen atoms in total. The molecule has 2 heterocycles. The van der Waals surface area contributed by atoms with E-state index in [-0.39, 0.29) is 11.4 Å². The number of amides is 2. The average molecular weight is 429 g/mol. The Labute approximate surface area is 172 Å². The third-order valence-electron chi connectivity index (χ3n) is 3.95. The van der Waals surface area contributed by atoms with Gasteiger partial charge in [-0.1, -0.05) is 18.2 Å². The van der Waals surface area contributed by atoms with Gasteiger partial charge in [-0.05, 0) is 43.7 Å². The normalized spacial score (nSPS) is 11.0. The number of aryl methyl sites for hydroxylation is 2. The number of anilines is 1. The van der Waals surface area contributed by atoms with Gasteiger partial charge in [-0.2, -0.15) is 13.5 Å². The van der Waals surface area contributed by atoms with E-state index in [9.17, 15) is 18.0 Å². The minimum absolute atomic E-state index is 0.185. The summed E-state index contributed by atoms with van der Waals surface area (Å²) < 4.78 is 33.6. The van der Waals surface area contributed by atoms with Crippen molar-refractivity contribution in [3.05, 3.63) is 65.5 Å². The molecule has 3 rings (SSSR count). The molecule has 30 heavy (non-hydrogen) atoms. The first-order valence-corrected chi connectivity index (χ1v) is 10.2. The number of nitrogens with zero attached hydrogens (tertiary/aromatic N) is 3. The number of nitrogens with one attached hydrogen (secondary N) is 2. The lowest BCUT2D eigenvalue weighted by Crippen LogP contribution is -2.36. The summed E-state index contributed by atoms with van der Waals surface area (Å²) in [6.45, 7) is 3.56. The van der Waals surface area contributed by atoms with E-state index in [0.29, 0.717) is 11.4 Å². The van der Waals surface area contributed by atoms with Crippen molar-refractivity contribution >= 4 is 27.8 Å². The van der Waals surface area contributed by atoms with Crippen molar-refractivity contribution in [2.75, 3.05) is 12.4 Å². The van der Waals surface area contributed by atoms with Crippen LogP contribution in [0.15, 0.2) is 53.7 Å². The van der Waals surface area contributed by atoms with Crippen molar-refractivity contribution in [1.29, 1.82) is 0 Å². The minimum atomic E-state index is -4.51. The van der Waals surface area contributed by atoms with Crippen LogP contribution in [0.3, 0.4) is 0 Å². The molecule has 2 aromatic heterocycles. The van der Waals surface area contributed by atoms with Crippen LogP contribution >= 0.6 is 0 Å². The molecular weight excluding hydrogens is 410 g/mol. The molecule has 3 aromatic rings. The Hall–Kier alpha value is -3.73. The smallest absolute Gasteiger partial charge is 0.342 e. The monoisotopic (exact) mass is 429 g/mol. The van der Waals surface area contributed by atoms with Crippen molar-refractivity contribution in [3.8, 4) is 5.69 Å². The van der Waals surface area contributed by atoms with Gasteiger partial charge in [0.15, 0.2) is 5.03 Å². The zero-order chi connectivity index (χ0) is 21.9. The molecule has 0 saturated heterocycles. The van der Waals surface area contributed by atoms with Crippen molar-refractivity contribution in [2.24, 2.45) is 0 Å². The van der Waals surface area contributed by atoms with Crippen LogP contribution in [0.4, 0.5) is 10.6 Å². The molecule has 1 aromatic carbocycles. The third kappa shape index (κ3) is 4.46. The summed E-state index contributed by atoms with van der Waals surface area (Å²) in [6, 6.07) is 10.7. The number of pyridine rings is 1. The molecule has 0 atom stereocenters. The fourth-order valence-corrected chi connectivity index (χ4v) is 4.01. The van der Waals surface area contributed by atoms with E-state index >= 15 is 0 Å². The van der Waals surface area contributed by atoms with E-state index in [1.165, 1.54) is 0 Å². The maximum absolute atomic E-state index is 13.0. The number of benzene rings is 1. The number of carbonyl (C=O) groups excluding carboxylic acids is 2. The van der Waals surface area contributed by atoms with Gasteiger partial charge in [-0.25, -0.2) is 24.0 Å². The van der Waals surface area contributed by atoms with E-state index in [1.807, 2.05) is 11.6 Å². The van der Waals surface area contributed by atoms with Gasteiger partial charge in [0.2, 0.25) is 0 Å². The maximum Gasteiger partial charge on any atom is 0.342 e. The number of hydrogen-bond acceptors (Lipinski definition) is 7. The second-order valence-corrected chi connectivity index (χ2v) is 7.93. The molecule has 2 N–H and O–H groups in total. The summed E-state index contributed by atoms with van der Waals surface area (Å²) in [5.41, 5.74) is 1.56. The molecular formula is C19H19N5O5S. The van der Waals surface area contributed by atoms with E-state index in [1.54, 1.807) is 49.4 Å². The molecule has 0 aliphatic carbocycles. The number of aromatic nitrogens is 3. The predicted octanol–water partition coefficient (Wildman–Crippen LogP) is 2.18. The second kappa shape index (κ2) is 8.33. The number of ether oxygens (including phenoxy) is 1. The van der Waals surface area contributed by atoms with Crippen LogP contribution in [0, 0.1) is 13.8 Å².